The van der Waals surface area contributed by atoms with Gasteiger partial charge < -0.3 is 15.2 Å². The summed E-state index contributed by atoms with van der Waals surface area (Å²) in [5.74, 6) is 0. The Hall–Kier alpha value is -0.120. The van der Waals surface area contributed by atoms with E-state index in [1.807, 2.05) is 6.92 Å². The summed E-state index contributed by atoms with van der Waals surface area (Å²) in [6.07, 6.45) is 7.29. The molecule has 0 radical (unpaired) electrons. The smallest absolute Gasteiger partial charge is 0.0855 e. The van der Waals surface area contributed by atoms with Gasteiger partial charge in [0, 0.05) is 13.2 Å². The molecule has 3 heteroatoms. The van der Waals surface area contributed by atoms with Crippen LogP contribution in [0.25, 0.3) is 0 Å². The van der Waals surface area contributed by atoms with Crippen molar-refractivity contribution in [3.63, 3.8) is 0 Å². The van der Waals surface area contributed by atoms with Crippen molar-refractivity contribution in [1.82, 2.24) is 0 Å². The molecule has 1 aliphatic rings. The highest BCUT2D eigenvalue weighted by molar-refractivity contribution is 4.92. The predicted octanol–water partition coefficient (Wildman–Crippen LogP) is 2.48. The number of rotatable bonds is 6. The summed E-state index contributed by atoms with van der Waals surface area (Å²) in [5, 5.41) is 0. The summed E-state index contributed by atoms with van der Waals surface area (Å²) in [4.78, 5) is 0. The maximum Gasteiger partial charge on any atom is 0.0855 e. The lowest BCUT2D eigenvalue weighted by Gasteiger charge is -2.38. The summed E-state index contributed by atoms with van der Waals surface area (Å²) >= 11 is 0. The standard InChI is InChI=1S/C13H27NO2/c1-3-15-11-12(14)13(16-4-2)9-7-5-6-8-10-13/h12H,3-11,14H2,1-2H3. The fourth-order valence-corrected chi connectivity index (χ4v) is 2.63. The quantitative estimate of drug-likeness (QED) is 0.712. The molecule has 1 unspecified atom stereocenters. The van der Waals surface area contributed by atoms with Crippen molar-refractivity contribution in [1.29, 1.82) is 0 Å². The maximum atomic E-state index is 6.28. The topological polar surface area (TPSA) is 44.5 Å². The molecule has 0 saturated heterocycles. The maximum absolute atomic E-state index is 6.28. The zero-order valence-corrected chi connectivity index (χ0v) is 10.8. The number of ether oxygens (including phenoxy) is 2. The molecule has 0 aromatic heterocycles. The molecule has 0 bridgehead atoms. The van der Waals surface area contributed by atoms with Crippen LogP contribution in [-0.4, -0.2) is 31.5 Å². The molecule has 3 nitrogen and oxygen atoms in total. The van der Waals surface area contributed by atoms with Crippen LogP contribution in [0.4, 0.5) is 0 Å². The molecule has 1 aliphatic carbocycles. The molecule has 96 valence electrons. The van der Waals surface area contributed by atoms with Gasteiger partial charge in [-0.2, -0.15) is 0 Å². The highest BCUT2D eigenvalue weighted by Crippen LogP contribution is 2.32. The van der Waals surface area contributed by atoms with Crippen LogP contribution >= 0.6 is 0 Å². The van der Waals surface area contributed by atoms with Crippen molar-refractivity contribution < 1.29 is 9.47 Å². The Morgan fingerprint density at radius 1 is 1.06 bits per heavy atom. The van der Waals surface area contributed by atoms with Crippen LogP contribution < -0.4 is 5.73 Å². The van der Waals surface area contributed by atoms with E-state index < -0.39 is 0 Å². The second-order valence-electron chi connectivity index (χ2n) is 4.68. The third-order valence-electron chi connectivity index (χ3n) is 3.56. The van der Waals surface area contributed by atoms with Crippen LogP contribution in [0.5, 0.6) is 0 Å². The van der Waals surface area contributed by atoms with Crippen LogP contribution in [0.1, 0.15) is 52.4 Å². The Bertz CT molecular complexity index is 177. The Morgan fingerprint density at radius 3 is 2.19 bits per heavy atom. The van der Waals surface area contributed by atoms with E-state index in [0.717, 1.165) is 26.1 Å². The summed E-state index contributed by atoms with van der Waals surface area (Å²) in [7, 11) is 0. The third kappa shape index (κ3) is 3.72. The first kappa shape index (κ1) is 13.9. The molecule has 0 amide bonds. The van der Waals surface area contributed by atoms with Gasteiger partial charge in [-0.05, 0) is 26.7 Å². The lowest BCUT2D eigenvalue weighted by atomic mass is 9.87. The molecule has 1 rings (SSSR count). The zero-order chi connectivity index (χ0) is 11.9. The number of hydrogen-bond donors (Lipinski definition) is 1. The Morgan fingerprint density at radius 2 is 1.69 bits per heavy atom. The Kier molecular flexibility index (Phi) is 6.32. The summed E-state index contributed by atoms with van der Waals surface area (Å²) < 4.78 is 11.5. The summed E-state index contributed by atoms with van der Waals surface area (Å²) in [5.41, 5.74) is 6.15. The van der Waals surface area contributed by atoms with E-state index >= 15 is 0 Å². The number of nitrogens with two attached hydrogens (primary N) is 1. The van der Waals surface area contributed by atoms with E-state index in [9.17, 15) is 0 Å². The summed E-state index contributed by atoms with van der Waals surface area (Å²) in [6, 6.07) is 0.0190. The van der Waals surface area contributed by atoms with Crippen LogP contribution in [-0.2, 0) is 9.47 Å². The highest BCUT2D eigenvalue weighted by atomic mass is 16.5. The van der Waals surface area contributed by atoms with Gasteiger partial charge in [0.25, 0.3) is 0 Å². The molecule has 2 N–H and O–H groups in total. The van der Waals surface area contributed by atoms with Gasteiger partial charge in [0.1, 0.15) is 0 Å². The van der Waals surface area contributed by atoms with E-state index in [1.54, 1.807) is 0 Å². The second kappa shape index (κ2) is 7.25. The van der Waals surface area contributed by atoms with Gasteiger partial charge in [-0.15, -0.1) is 0 Å². The molecule has 1 fully saturated rings. The lowest BCUT2D eigenvalue weighted by Crippen LogP contribution is -2.52. The molecule has 0 spiro atoms. The summed E-state index contributed by atoms with van der Waals surface area (Å²) in [6.45, 7) is 6.17. The molecule has 0 heterocycles. The largest absolute Gasteiger partial charge is 0.380 e. The lowest BCUT2D eigenvalue weighted by molar-refractivity contribution is -0.0839. The van der Waals surface area contributed by atoms with Gasteiger partial charge in [0.15, 0.2) is 0 Å². The predicted molar refractivity (Wildman–Crippen MR) is 66.5 cm³/mol. The normalized spacial score (nSPS) is 22.7. The molecule has 1 saturated carbocycles. The number of hydrogen-bond acceptors (Lipinski definition) is 3. The third-order valence-corrected chi connectivity index (χ3v) is 3.56. The van der Waals surface area contributed by atoms with Crippen LogP contribution in [0.2, 0.25) is 0 Å². The fourth-order valence-electron chi connectivity index (χ4n) is 2.63. The minimum atomic E-state index is -0.125. The van der Waals surface area contributed by atoms with Crippen LogP contribution in [0.15, 0.2) is 0 Å². The van der Waals surface area contributed by atoms with Gasteiger partial charge in [-0.1, -0.05) is 25.7 Å². The van der Waals surface area contributed by atoms with Crippen molar-refractivity contribution in [3.8, 4) is 0 Å². The fraction of sp³-hybridized carbons (Fsp3) is 1.00. The first-order valence-electron chi connectivity index (χ1n) is 6.72. The van der Waals surface area contributed by atoms with Crippen molar-refractivity contribution in [2.75, 3.05) is 19.8 Å². The molecule has 0 aromatic carbocycles. The Labute approximate surface area is 99.7 Å². The van der Waals surface area contributed by atoms with Gasteiger partial charge in [-0.25, -0.2) is 0 Å². The highest BCUT2D eigenvalue weighted by Gasteiger charge is 2.37. The van der Waals surface area contributed by atoms with E-state index in [2.05, 4.69) is 6.92 Å². The van der Waals surface area contributed by atoms with E-state index in [0.29, 0.717) is 6.61 Å². The molecular weight excluding hydrogens is 202 g/mol. The molecule has 0 aliphatic heterocycles. The zero-order valence-electron chi connectivity index (χ0n) is 10.8. The van der Waals surface area contributed by atoms with E-state index in [-0.39, 0.29) is 11.6 Å². The minimum Gasteiger partial charge on any atom is -0.380 e. The van der Waals surface area contributed by atoms with Gasteiger partial charge in [0.2, 0.25) is 0 Å². The van der Waals surface area contributed by atoms with Crippen molar-refractivity contribution in [2.24, 2.45) is 5.73 Å². The van der Waals surface area contributed by atoms with Crippen molar-refractivity contribution in [3.05, 3.63) is 0 Å². The monoisotopic (exact) mass is 229 g/mol. The first-order chi connectivity index (χ1) is 7.75. The molecule has 1 atom stereocenters. The average Bonchev–Trinajstić information content (AvgIpc) is 2.53. The molecule has 16 heavy (non-hydrogen) atoms. The van der Waals surface area contributed by atoms with Crippen molar-refractivity contribution >= 4 is 0 Å². The van der Waals surface area contributed by atoms with Gasteiger partial charge in [-0.3, -0.25) is 0 Å². The Balaban J connectivity index is 2.60. The first-order valence-corrected chi connectivity index (χ1v) is 6.72. The molecule has 0 aromatic rings. The molecular formula is C13H27NO2. The van der Waals surface area contributed by atoms with Crippen molar-refractivity contribution in [2.45, 2.75) is 64.0 Å². The van der Waals surface area contributed by atoms with E-state index in [4.69, 9.17) is 15.2 Å². The van der Waals surface area contributed by atoms with Gasteiger partial charge in [0.05, 0.1) is 18.2 Å². The SMILES string of the molecule is CCOCC(N)C1(OCC)CCCCCC1. The van der Waals surface area contributed by atoms with E-state index in [1.165, 1.54) is 25.7 Å². The van der Waals surface area contributed by atoms with Crippen LogP contribution in [0, 0.1) is 0 Å². The van der Waals surface area contributed by atoms with Gasteiger partial charge >= 0.3 is 0 Å². The second-order valence-corrected chi connectivity index (χ2v) is 4.68. The van der Waals surface area contributed by atoms with Crippen LogP contribution in [0.3, 0.4) is 0 Å². The minimum absolute atomic E-state index is 0.0190. The average molecular weight is 229 g/mol.